The van der Waals surface area contributed by atoms with E-state index in [-0.39, 0.29) is 36.0 Å². The van der Waals surface area contributed by atoms with Gasteiger partial charge in [0.25, 0.3) is 0 Å². The Bertz CT molecular complexity index is 883. The third-order valence-electron chi connectivity index (χ3n) is 4.80. The normalized spacial score (nSPS) is 17.4. The fourth-order valence-corrected chi connectivity index (χ4v) is 3.08. The maximum Gasteiger partial charge on any atom is 0.245 e. The van der Waals surface area contributed by atoms with Crippen LogP contribution in [-0.2, 0) is 15.0 Å². The Morgan fingerprint density at radius 2 is 1.79 bits per heavy atom. The minimum Gasteiger partial charge on any atom is -0.312 e. The minimum absolute atomic E-state index is 0.0787. The molecule has 28 heavy (non-hydrogen) atoms. The lowest BCUT2D eigenvalue weighted by atomic mass is 9.87. The lowest BCUT2D eigenvalue weighted by Crippen LogP contribution is -2.30. The summed E-state index contributed by atoms with van der Waals surface area (Å²) in [5.41, 5.74) is 5.28. The Balaban J connectivity index is 1.57. The number of hydrogen-bond donors (Lipinski definition) is 1. The summed E-state index contributed by atoms with van der Waals surface area (Å²) in [7, 11) is 0. The van der Waals surface area contributed by atoms with Crippen LogP contribution < -0.4 is 10.3 Å². The van der Waals surface area contributed by atoms with Crippen LogP contribution >= 0.6 is 0 Å². The van der Waals surface area contributed by atoms with Crippen molar-refractivity contribution in [2.24, 2.45) is 11.0 Å². The molecule has 1 saturated heterocycles. The highest BCUT2D eigenvalue weighted by atomic mass is 19.1. The fourth-order valence-electron chi connectivity index (χ4n) is 3.08. The van der Waals surface area contributed by atoms with Gasteiger partial charge in [-0.2, -0.15) is 5.10 Å². The van der Waals surface area contributed by atoms with Crippen LogP contribution in [0.4, 0.5) is 10.1 Å². The second kappa shape index (κ2) is 7.92. The van der Waals surface area contributed by atoms with Gasteiger partial charge in [0.2, 0.25) is 11.8 Å². The summed E-state index contributed by atoms with van der Waals surface area (Å²) >= 11 is 0. The molecule has 0 saturated carbocycles. The van der Waals surface area contributed by atoms with E-state index in [1.807, 2.05) is 24.3 Å². The van der Waals surface area contributed by atoms with Gasteiger partial charge in [-0.25, -0.2) is 9.82 Å². The molecule has 2 aromatic carbocycles. The third kappa shape index (κ3) is 4.63. The Labute approximate surface area is 164 Å². The number of hydrazone groups is 1. The Morgan fingerprint density at radius 3 is 2.39 bits per heavy atom. The van der Waals surface area contributed by atoms with E-state index in [0.29, 0.717) is 5.69 Å². The van der Waals surface area contributed by atoms with E-state index in [1.54, 1.807) is 6.21 Å². The number of anilines is 1. The molecule has 0 aromatic heterocycles. The van der Waals surface area contributed by atoms with Crippen LogP contribution in [0.5, 0.6) is 0 Å². The molecule has 2 amide bonds. The quantitative estimate of drug-likeness (QED) is 0.649. The minimum atomic E-state index is -0.488. The van der Waals surface area contributed by atoms with Crippen molar-refractivity contribution in [1.82, 2.24) is 5.43 Å². The molecule has 2 aromatic rings. The second-order valence-corrected chi connectivity index (χ2v) is 7.99. The Kier molecular flexibility index (Phi) is 5.58. The van der Waals surface area contributed by atoms with Gasteiger partial charge in [-0.15, -0.1) is 0 Å². The monoisotopic (exact) mass is 381 g/mol. The first kappa shape index (κ1) is 19.7. The van der Waals surface area contributed by atoms with Crippen LogP contribution in [-0.4, -0.2) is 24.6 Å². The maximum atomic E-state index is 13.1. The standard InChI is InChI=1S/C22H24FN3O2/c1-22(2,3)17-6-4-15(5-7-17)13-24-25-21(28)16-12-20(27)26(14-16)19-10-8-18(23)9-11-19/h4-11,13,16H,12,14H2,1-3H3,(H,25,28)/b24-13-/t16-/m1/s1. The first-order chi connectivity index (χ1) is 13.2. The SMILES string of the molecule is CC(C)(C)c1ccc(/C=N\NC(=O)[C@@H]2CC(=O)N(c3ccc(F)cc3)C2)cc1. The number of halogens is 1. The van der Waals surface area contributed by atoms with Crippen LogP contribution in [0.25, 0.3) is 0 Å². The average molecular weight is 381 g/mol. The first-order valence-corrected chi connectivity index (χ1v) is 9.23. The molecule has 1 N–H and O–H groups in total. The lowest BCUT2D eigenvalue weighted by molar-refractivity contribution is -0.126. The van der Waals surface area contributed by atoms with E-state index < -0.39 is 5.92 Å². The largest absolute Gasteiger partial charge is 0.312 e. The van der Waals surface area contributed by atoms with E-state index in [0.717, 1.165) is 5.56 Å². The van der Waals surface area contributed by atoms with Crippen molar-refractivity contribution in [3.63, 3.8) is 0 Å². The molecule has 0 bridgehead atoms. The summed E-state index contributed by atoms with van der Waals surface area (Å²) < 4.78 is 13.1. The van der Waals surface area contributed by atoms with Crippen LogP contribution in [0.2, 0.25) is 0 Å². The van der Waals surface area contributed by atoms with Crippen LogP contribution in [0.15, 0.2) is 53.6 Å². The molecule has 0 unspecified atom stereocenters. The molecule has 146 valence electrons. The summed E-state index contributed by atoms with van der Waals surface area (Å²) in [6.07, 6.45) is 1.69. The summed E-state index contributed by atoms with van der Waals surface area (Å²) in [6.45, 7) is 6.70. The van der Waals surface area contributed by atoms with Gasteiger partial charge < -0.3 is 4.90 Å². The van der Waals surface area contributed by atoms with E-state index >= 15 is 0 Å². The van der Waals surface area contributed by atoms with Crippen molar-refractivity contribution >= 4 is 23.7 Å². The summed E-state index contributed by atoms with van der Waals surface area (Å²) in [4.78, 5) is 26.0. The lowest BCUT2D eigenvalue weighted by Gasteiger charge is -2.18. The number of rotatable bonds is 4. The smallest absolute Gasteiger partial charge is 0.245 e. The molecule has 1 aliphatic heterocycles. The molecular weight excluding hydrogens is 357 g/mol. The number of carbonyl (C=O) groups excluding carboxylic acids is 2. The fraction of sp³-hybridized carbons (Fsp3) is 0.318. The number of hydrogen-bond acceptors (Lipinski definition) is 3. The highest BCUT2D eigenvalue weighted by Gasteiger charge is 2.35. The number of carbonyl (C=O) groups is 2. The molecule has 1 aliphatic rings. The van der Waals surface area contributed by atoms with Gasteiger partial charge in [0.1, 0.15) is 5.82 Å². The van der Waals surface area contributed by atoms with Gasteiger partial charge in [-0.1, -0.05) is 45.0 Å². The Morgan fingerprint density at radius 1 is 1.14 bits per heavy atom. The predicted octanol–water partition coefficient (Wildman–Crippen LogP) is 3.63. The van der Waals surface area contributed by atoms with Crippen molar-refractivity contribution in [3.8, 4) is 0 Å². The molecule has 3 rings (SSSR count). The number of nitrogens with zero attached hydrogens (tertiary/aromatic N) is 2. The van der Waals surface area contributed by atoms with E-state index in [9.17, 15) is 14.0 Å². The molecule has 1 atom stereocenters. The third-order valence-corrected chi connectivity index (χ3v) is 4.80. The Hall–Kier alpha value is -3.02. The maximum absolute atomic E-state index is 13.1. The van der Waals surface area contributed by atoms with Crippen molar-refractivity contribution < 1.29 is 14.0 Å². The second-order valence-electron chi connectivity index (χ2n) is 7.99. The number of nitrogens with one attached hydrogen (secondary N) is 1. The highest BCUT2D eigenvalue weighted by Crippen LogP contribution is 2.25. The molecule has 5 nitrogen and oxygen atoms in total. The van der Waals surface area contributed by atoms with Crippen LogP contribution in [0.3, 0.4) is 0 Å². The van der Waals surface area contributed by atoms with Crippen molar-refractivity contribution in [2.75, 3.05) is 11.4 Å². The van der Waals surface area contributed by atoms with Crippen molar-refractivity contribution in [1.29, 1.82) is 0 Å². The predicted molar refractivity (Wildman–Crippen MR) is 108 cm³/mol. The zero-order valence-corrected chi connectivity index (χ0v) is 16.3. The van der Waals surface area contributed by atoms with Gasteiger partial charge in [0, 0.05) is 18.7 Å². The highest BCUT2D eigenvalue weighted by molar-refractivity contribution is 6.00. The van der Waals surface area contributed by atoms with E-state index in [1.165, 1.54) is 34.7 Å². The molecule has 1 fully saturated rings. The van der Waals surface area contributed by atoms with Crippen LogP contribution in [0, 0.1) is 11.7 Å². The molecule has 0 radical (unpaired) electrons. The van der Waals surface area contributed by atoms with E-state index in [2.05, 4.69) is 31.3 Å². The molecular formula is C22H24FN3O2. The van der Waals surface area contributed by atoms with E-state index in [4.69, 9.17) is 0 Å². The van der Waals surface area contributed by atoms with Crippen LogP contribution in [0.1, 0.15) is 38.3 Å². The topological polar surface area (TPSA) is 61.8 Å². The van der Waals surface area contributed by atoms with Gasteiger partial charge in [0.05, 0.1) is 12.1 Å². The molecule has 1 heterocycles. The number of amides is 2. The van der Waals surface area contributed by atoms with Crippen molar-refractivity contribution in [2.45, 2.75) is 32.6 Å². The number of benzene rings is 2. The van der Waals surface area contributed by atoms with Gasteiger partial charge in [-0.05, 0) is 40.8 Å². The van der Waals surface area contributed by atoms with Gasteiger partial charge in [0.15, 0.2) is 0 Å². The summed E-state index contributed by atoms with van der Waals surface area (Å²) in [5.74, 6) is -1.32. The summed E-state index contributed by atoms with van der Waals surface area (Å²) in [6, 6.07) is 13.6. The zero-order valence-electron chi connectivity index (χ0n) is 16.3. The molecule has 0 spiro atoms. The van der Waals surface area contributed by atoms with Crippen molar-refractivity contribution in [3.05, 3.63) is 65.5 Å². The molecule has 0 aliphatic carbocycles. The average Bonchev–Trinajstić information content (AvgIpc) is 3.04. The molecule has 6 heteroatoms. The zero-order chi connectivity index (χ0) is 20.3. The van der Waals surface area contributed by atoms with Gasteiger partial charge >= 0.3 is 0 Å². The first-order valence-electron chi connectivity index (χ1n) is 9.23. The van der Waals surface area contributed by atoms with Gasteiger partial charge in [-0.3, -0.25) is 9.59 Å². The summed E-state index contributed by atoms with van der Waals surface area (Å²) in [5, 5.41) is 4.01.